The number of amides is 1. The molecule has 0 unspecified atom stereocenters. The lowest BCUT2D eigenvalue weighted by atomic mass is 10.2. The summed E-state index contributed by atoms with van der Waals surface area (Å²) in [6, 6.07) is 7.75. The summed E-state index contributed by atoms with van der Waals surface area (Å²) >= 11 is 1.38. The summed E-state index contributed by atoms with van der Waals surface area (Å²) in [6.07, 6.45) is -0.875. The van der Waals surface area contributed by atoms with Crippen LogP contribution in [-0.2, 0) is 14.3 Å². The van der Waals surface area contributed by atoms with Crippen LogP contribution in [-0.4, -0.2) is 23.7 Å². The van der Waals surface area contributed by atoms with E-state index in [4.69, 9.17) is 10.5 Å². The molecule has 1 aromatic carbocycles. The van der Waals surface area contributed by atoms with E-state index in [0.29, 0.717) is 0 Å². The van der Waals surface area contributed by atoms with Crippen LogP contribution in [0.4, 0.5) is 0 Å². The third-order valence-electron chi connectivity index (χ3n) is 2.15. The predicted molar refractivity (Wildman–Crippen MR) is 66.7 cm³/mol. The average Bonchev–Trinajstić information content (AvgIpc) is 2.27. The molecule has 0 bridgehead atoms. The largest absolute Gasteiger partial charge is 0.452 e. The molecule has 0 heterocycles. The first kappa shape index (κ1) is 13.6. The summed E-state index contributed by atoms with van der Waals surface area (Å²) in [5.74, 6) is -0.911. The highest BCUT2D eigenvalue weighted by molar-refractivity contribution is 8.00. The number of nitrogens with two attached hydrogens (primary N) is 1. The van der Waals surface area contributed by atoms with E-state index in [-0.39, 0.29) is 5.75 Å². The van der Waals surface area contributed by atoms with Gasteiger partial charge in [0.15, 0.2) is 6.10 Å². The molecule has 0 aliphatic carbocycles. The molecule has 1 atom stereocenters. The van der Waals surface area contributed by atoms with Gasteiger partial charge in [0.2, 0.25) is 0 Å². The average molecular weight is 253 g/mol. The molecule has 1 aromatic rings. The molecular weight excluding hydrogens is 238 g/mol. The van der Waals surface area contributed by atoms with E-state index in [1.165, 1.54) is 18.7 Å². The second-order valence-corrected chi connectivity index (χ2v) is 4.61. The normalized spacial score (nSPS) is 11.9. The lowest BCUT2D eigenvalue weighted by Crippen LogP contribution is -2.31. The number of primary amides is 1. The van der Waals surface area contributed by atoms with Crippen LogP contribution in [0.1, 0.15) is 12.5 Å². The van der Waals surface area contributed by atoms with Crippen molar-refractivity contribution in [2.75, 3.05) is 5.75 Å². The highest BCUT2D eigenvalue weighted by Gasteiger charge is 2.14. The molecule has 0 fully saturated rings. The number of thioether (sulfide) groups is 1. The molecule has 0 saturated heterocycles. The fourth-order valence-corrected chi connectivity index (χ4v) is 1.96. The van der Waals surface area contributed by atoms with Gasteiger partial charge in [-0.1, -0.05) is 18.2 Å². The van der Waals surface area contributed by atoms with Crippen LogP contribution in [0.15, 0.2) is 29.2 Å². The number of aryl methyl sites for hydroxylation is 1. The number of hydrogen-bond donors (Lipinski definition) is 1. The zero-order chi connectivity index (χ0) is 12.8. The van der Waals surface area contributed by atoms with E-state index in [2.05, 4.69) is 0 Å². The monoisotopic (exact) mass is 253 g/mol. The Morgan fingerprint density at radius 3 is 2.65 bits per heavy atom. The Hall–Kier alpha value is -1.49. The maximum Gasteiger partial charge on any atom is 0.317 e. The second kappa shape index (κ2) is 6.30. The van der Waals surface area contributed by atoms with Crippen LogP contribution in [0.3, 0.4) is 0 Å². The van der Waals surface area contributed by atoms with Crippen LogP contribution < -0.4 is 5.73 Å². The van der Waals surface area contributed by atoms with Crippen LogP contribution in [0, 0.1) is 6.92 Å². The number of carbonyl (C=O) groups is 2. The molecule has 4 nitrogen and oxygen atoms in total. The number of rotatable bonds is 5. The van der Waals surface area contributed by atoms with Gasteiger partial charge in [-0.15, -0.1) is 11.8 Å². The van der Waals surface area contributed by atoms with Crippen molar-refractivity contribution in [3.8, 4) is 0 Å². The van der Waals surface area contributed by atoms with Gasteiger partial charge >= 0.3 is 5.97 Å². The molecular formula is C12H15NO3S. The highest BCUT2D eigenvalue weighted by Crippen LogP contribution is 2.21. The van der Waals surface area contributed by atoms with E-state index in [1.807, 2.05) is 31.2 Å². The van der Waals surface area contributed by atoms with Gasteiger partial charge in [-0.2, -0.15) is 0 Å². The summed E-state index contributed by atoms with van der Waals surface area (Å²) < 4.78 is 4.84. The summed E-state index contributed by atoms with van der Waals surface area (Å²) in [7, 11) is 0. The zero-order valence-corrected chi connectivity index (χ0v) is 10.6. The Morgan fingerprint density at radius 2 is 2.06 bits per heavy atom. The Kier molecular flexibility index (Phi) is 5.03. The van der Waals surface area contributed by atoms with Crippen molar-refractivity contribution in [1.82, 2.24) is 0 Å². The van der Waals surface area contributed by atoms with Gasteiger partial charge in [0.05, 0.1) is 5.75 Å². The number of carbonyl (C=O) groups excluding carboxylic acids is 2. The number of ether oxygens (including phenoxy) is 1. The smallest absolute Gasteiger partial charge is 0.317 e. The summed E-state index contributed by atoms with van der Waals surface area (Å²) in [4.78, 5) is 23.1. The Bertz CT molecular complexity index is 420. The quantitative estimate of drug-likeness (QED) is 0.638. The molecule has 5 heteroatoms. The van der Waals surface area contributed by atoms with E-state index >= 15 is 0 Å². The molecule has 0 aromatic heterocycles. The van der Waals surface area contributed by atoms with E-state index < -0.39 is 18.0 Å². The van der Waals surface area contributed by atoms with Crippen molar-refractivity contribution < 1.29 is 14.3 Å². The van der Waals surface area contributed by atoms with Gasteiger partial charge < -0.3 is 10.5 Å². The van der Waals surface area contributed by atoms with Crippen molar-refractivity contribution in [1.29, 1.82) is 0 Å². The van der Waals surface area contributed by atoms with Gasteiger partial charge in [0, 0.05) is 4.90 Å². The number of hydrogen-bond acceptors (Lipinski definition) is 4. The van der Waals surface area contributed by atoms with Gasteiger partial charge in [0.25, 0.3) is 5.91 Å². The molecule has 17 heavy (non-hydrogen) atoms. The predicted octanol–water partition coefficient (Wildman–Crippen LogP) is 1.50. The first-order valence-electron chi connectivity index (χ1n) is 5.18. The zero-order valence-electron chi connectivity index (χ0n) is 9.80. The van der Waals surface area contributed by atoms with Crippen LogP contribution >= 0.6 is 11.8 Å². The molecule has 1 amide bonds. The van der Waals surface area contributed by atoms with Gasteiger partial charge in [0.1, 0.15) is 0 Å². The molecule has 0 radical (unpaired) electrons. The Balaban J connectivity index is 2.44. The van der Waals surface area contributed by atoms with Crippen molar-refractivity contribution in [2.24, 2.45) is 5.73 Å². The first-order valence-corrected chi connectivity index (χ1v) is 6.16. The van der Waals surface area contributed by atoms with Gasteiger partial charge in [-0.25, -0.2) is 0 Å². The van der Waals surface area contributed by atoms with Crippen LogP contribution in [0.2, 0.25) is 0 Å². The minimum absolute atomic E-state index is 0.169. The van der Waals surface area contributed by atoms with Crippen molar-refractivity contribution in [2.45, 2.75) is 24.8 Å². The molecule has 92 valence electrons. The number of benzene rings is 1. The highest BCUT2D eigenvalue weighted by atomic mass is 32.2. The molecule has 0 saturated carbocycles. The Morgan fingerprint density at radius 1 is 1.41 bits per heavy atom. The molecule has 0 spiro atoms. The van der Waals surface area contributed by atoms with E-state index in [9.17, 15) is 9.59 Å². The van der Waals surface area contributed by atoms with Crippen LogP contribution in [0.5, 0.6) is 0 Å². The molecule has 1 rings (SSSR count). The van der Waals surface area contributed by atoms with Gasteiger partial charge in [-0.05, 0) is 25.5 Å². The maximum atomic E-state index is 11.4. The lowest BCUT2D eigenvalue weighted by Gasteiger charge is -2.09. The van der Waals surface area contributed by atoms with E-state index in [0.717, 1.165) is 10.5 Å². The third kappa shape index (κ3) is 4.48. The molecule has 0 aliphatic heterocycles. The fourth-order valence-electron chi connectivity index (χ4n) is 1.14. The van der Waals surface area contributed by atoms with E-state index in [1.54, 1.807) is 0 Å². The lowest BCUT2D eigenvalue weighted by molar-refractivity contribution is -0.151. The van der Waals surface area contributed by atoms with Crippen molar-refractivity contribution >= 4 is 23.6 Å². The van der Waals surface area contributed by atoms with Crippen molar-refractivity contribution in [3.63, 3.8) is 0 Å². The first-order chi connectivity index (χ1) is 8.00. The van der Waals surface area contributed by atoms with Crippen LogP contribution in [0.25, 0.3) is 0 Å². The topological polar surface area (TPSA) is 69.4 Å². The SMILES string of the molecule is Cc1ccccc1SCC(=O)O[C@H](C)C(N)=O. The fraction of sp³-hybridized carbons (Fsp3) is 0.333. The molecule has 0 aliphatic rings. The maximum absolute atomic E-state index is 11.4. The third-order valence-corrected chi connectivity index (χ3v) is 3.30. The second-order valence-electron chi connectivity index (χ2n) is 3.59. The Labute approximate surface area is 105 Å². The summed E-state index contributed by atoms with van der Waals surface area (Å²) in [6.45, 7) is 3.43. The minimum Gasteiger partial charge on any atom is -0.452 e. The summed E-state index contributed by atoms with van der Waals surface area (Å²) in [5.41, 5.74) is 6.10. The van der Waals surface area contributed by atoms with Crippen molar-refractivity contribution in [3.05, 3.63) is 29.8 Å². The standard InChI is InChI=1S/C12H15NO3S/c1-8-5-3-4-6-10(8)17-7-11(14)16-9(2)12(13)15/h3-6,9H,7H2,1-2H3,(H2,13,15)/t9-/m1/s1. The van der Waals surface area contributed by atoms with Gasteiger partial charge in [-0.3, -0.25) is 9.59 Å². The minimum atomic E-state index is -0.875. The summed E-state index contributed by atoms with van der Waals surface area (Å²) in [5, 5.41) is 0. The number of esters is 1. The molecule has 2 N–H and O–H groups in total.